The van der Waals surface area contributed by atoms with Gasteiger partial charge in [0, 0.05) is 18.9 Å². The summed E-state index contributed by atoms with van der Waals surface area (Å²) in [5.74, 6) is -1.03. The lowest BCUT2D eigenvalue weighted by atomic mass is 9.81. The van der Waals surface area contributed by atoms with Gasteiger partial charge < -0.3 is 25.2 Å². The van der Waals surface area contributed by atoms with Crippen molar-refractivity contribution in [3.8, 4) is 5.88 Å². The first-order valence-corrected chi connectivity index (χ1v) is 11.7. The lowest BCUT2D eigenvalue weighted by molar-refractivity contribution is -0.157. The van der Waals surface area contributed by atoms with Crippen LogP contribution in [0.3, 0.4) is 0 Å². The maximum Gasteiger partial charge on any atom is 0.433 e. The van der Waals surface area contributed by atoms with Crippen LogP contribution in [0.5, 0.6) is 5.88 Å². The van der Waals surface area contributed by atoms with Crippen molar-refractivity contribution < 1.29 is 38.3 Å². The molecular formula is C24H31F3N2O5. The fraction of sp³-hybridized carbons (Fsp3) is 0.625. The van der Waals surface area contributed by atoms with Gasteiger partial charge in [0.25, 0.3) is 0 Å². The van der Waals surface area contributed by atoms with Crippen LogP contribution in [-0.2, 0) is 19.0 Å². The Morgan fingerprint density at radius 3 is 2.21 bits per heavy atom. The second-order valence-corrected chi connectivity index (χ2v) is 9.31. The summed E-state index contributed by atoms with van der Waals surface area (Å²) in [7, 11) is 0. The average Bonchev–Trinajstić information content (AvgIpc) is 3.10. The number of alkyl halides is 3. The third-order valence-corrected chi connectivity index (χ3v) is 7.07. The minimum atomic E-state index is -4.67. The third-order valence-electron chi connectivity index (χ3n) is 7.07. The third kappa shape index (κ3) is 4.82. The number of aliphatic hydroxyl groups excluding tert-OH is 4. The minimum Gasteiger partial charge on any atom is -0.470 e. The quantitative estimate of drug-likeness (QED) is 0.481. The lowest BCUT2D eigenvalue weighted by Gasteiger charge is -2.39. The largest absolute Gasteiger partial charge is 0.470 e. The summed E-state index contributed by atoms with van der Waals surface area (Å²) in [4.78, 5) is 0. The normalized spacial score (nSPS) is 28.1. The standard InChI is InChI=1S/C24H31F3N2O5/c1-2-13-6-8-14(9-7-13)10-17-22(24(25,26)27)29(16-4-3-5-16)28-23(17)34-18-11-15(12-30)19(31)21(33)20(18)32/h6-9,15-16,18-21,30-33H,2-5,10-12H2,1H3. The Balaban J connectivity index is 1.73. The highest BCUT2D eigenvalue weighted by Gasteiger charge is 2.46. The smallest absolute Gasteiger partial charge is 0.433 e. The summed E-state index contributed by atoms with van der Waals surface area (Å²) < 4.78 is 49.7. The van der Waals surface area contributed by atoms with Gasteiger partial charge in [0.05, 0.1) is 17.7 Å². The van der Waals surface area contributed by atoms with Gasteiger partial charge in [-0.3, -0.25) is 4.68 Å². The molecule has 1 aromatic carbocycles. The predicted molar refractivity (Wildman–Crippen MR) is 116 cm³/mol. The molecule has 2 fully saturated rings. The molecule has 2 aliphatic carbocycles. The molecule has 4 N–H and O–H groups in total. The summed E-state index contributed by atoms with van der Waals surface area (Å²) in [6.45, 7) is 1.53. The van der Waals surface area contributed by atoms with Gasteiger partial charge in [-0.05, 0) is 43.2 Å². The van der Waals surface area contributed by atoms with Gasteiger partial charge in [-0.15, -0.1) is 5.10 Å². The van der Waals surface area contributed by atoms with Crippen LogP contribution in [0.2, 0.25) is 0 Å². The Morgan fingerprint density at radius 2 is 1.68 bits per heavy atom. The molecule has 0 aliphatic heterocycles. The summed E-state index contributed by atoms with van der Waals surface area (Å²) in [5, 5.41) is 44.4. The van der Waals surface area contributed by atoms with Crippen LogP contribution >= 0.6 is 0 Å². The number of aromatic nitrogens is 2. The highest BCUT2D eigenvalue weighted by atomic mass is 19.4. The molecule has 7 nitrogen and oxygen atoms in total. The Labute approximate surface area is 195 Å². The van der Waals surface area contributed by atoms with Gasteiger partial charge in [-0.25, -0.2) is 0 Å². The zero-order valence-electron chi connectivity index (χ0n) is 18.9. The molecule has 1 aromatic heterocycles. The summed E-state index contributed by atoms with van der Waals surface area (Å²) in [6.07, 6.45) is -7.64. The van der Waals surface area contributed by atoms with Gasteiger partial charge in [0.15, 0.2) is 0 Å². The first kappa shape index (κ1) is 25.0. The highest BCUT2D eigenvalue weighted by Crippen LogP contribution is 2.43. The van der Waals surface area contributed by atoms with E-state index in [4.69, 9.17) is 4.74 Å². The molecule has 0 saturated heterocycles. The number of ether oxygens (including phenoxy) is 1. The molecule has 2 aliphatic rings. The van der Waals surface area contributed by atoms with Crippen molar-refractivity contribution in [1.29, 1.82) is 0 Å². The molecule has 0 radical (unpaired) electrons. The van der Waals surface area contributed by atoms with Crippen molar-refractivity contribution in [1.82, 2.24) is 9.78 Å². The second-order valence-electron chi connectivity index (χ2n) is 9.31. The Kier molecular flexibility index (Phi) is 7.23. The number of halogens is 3. The van der Waals surface area contributed by atoms with E-state index in [1.54, 1.807) is 12.1 Å². The van der Waals surface area contributed by atoms with E-state index in [-0.39, 0.29) is 30.3 Å². The van der Waals surface area contributed by atoms with Crippen LogP contribution < -0.4 is 4.74 Å². The number of hydrogen-bond acceptors (Lipinski definition) is 6. The molecule has 0 spiro atoms. The van der Waals surface area contributed by atoms with Gasteiger partial charge in [0.2, 0.25) is 5.88 Å². The summed E-state index contributed by atoms with van der Waals surface area (Å²) in [5.41, 5.74) is 0.733. The van der Waals surface area contributed by atoms with Crippen molar-refractivity contribution in [3.63, 3.8) is 0 Å². The van der Waals surface area contributed by atoms with Gasteiger partial charge >= 0.3 is 6.18 Å². The van der Waals surface area contributed by atoms with Crippen LogP contribution in [0.1, 0.15) is 61.0 Å². The topological polar surface area (TPSA) is 108 Å². The van der Waals surface area contributed by atoms with Crippen molar-refractivity contribution in [2.75, 3.05) is 6.61 Å². The molecule has 1 heterocycles. The molecule has 2 aromatic rings. The van der Waals surface area contributed by atoms with E-state index in [1.807, 2.05) is 19.1 Å². The maximum atomic E-state index is 14.3. The van der Waals surface area contributed by atoms with Crippen LogP contribution in [-0.4, -0.2) is 61.2 Å². The Bertz CT molecular complexity index is 972. The highest BCUT2D eigenvalue weighted by molar-refractivity contribution is 5.39. The molecule has 10 heteroatoms. The molecule has 34 heavy (non-hydrogen) atoms. The molecule has 5 atom stereocenters. The van der Waals surface area contributed by atoms with Crippen LogP contribution in [0.4, 0.5) is 13.2 Å². The Hall–Kier alpha value is -2.14. The monoisotopic (exact) mass is 484 g/mol. The predicted octanol–water partition coefficient (Wildman–Crippen LogP) is 2.62. The zero-order valence-corrected chi connectivity index (χ0v) is 18.9. The van der Waals surface area contributed by atoms with Gasteiger partial charge in [-0.1, -0.05) is 31.2 Å². The molecule has 4 rings (SSSR count). The van der Waals surface area contributed by atoms with Crippen LogP contribution in [0, 0.1) is 5.92 Å². The fourth-order valence-electron chi connectivity index (χ4n) is 4.72. The number of aryl methyl sites for hydroxylation is 1. The first-order chi connectivity index (χ1) is 16.1. The van der Waals surface area contributed by atoms with E-state index in [0.717, 1.165) is 23.1 Å². The summed E-state index contributed by atoms with van der Waals surface area (Å²) >= 11 is 0. The van der Waals surface area contributed by atoms with Crippen molar-refractivity contribution in [2.45, 2.75) is 82.1 Å². The van der Waals surface area contributed by atoms with E-state index in [0.29, 0.717) is 18.4 Å². The van der Waals surface area contributed by atoms with Crippen LogP contribution in [0.25, 0.3) is 0 Å². The van der Waals surface area contributed by atoms with Crippen molar-refractivity contribution >= 4 is 0 Å². The van der Waals surface area contributed by atoms with Gasteiger partial charge in [0.1, 0.15) is 24.0 Å². The number of aliphatic hydroxyl groups is 4. The van der Waals surface area contributed by atoms with E-state index in [1.165, 1.54) is 0 Å². The molecule has 5 unspecified atom stereocenters. The first-order valence-electron chi connectivity index (χ1n) is 11.7. The zero-order chi connectivity index (χ0) is 24.6. The van der Waals surface area contributed by atoms with E-state index in [2.05, 4.69) is 5.10 Å². The fourth-order valence-corrected chi connectivity index (χ4v) is 4.72. The van der Waals surface area contributed by atoms with E-state index >= 15 is 0 Å². The average molecular weight is 485 g/mol. The van der Waals surface area contributed by atoms with Crippen molar-refractivity contribution in [3.05, 3.63) is 46.6 Å². The Morgan fingerprint density at radius 1 is 1.03 bits per heavy atom. The molecule has 0 amide bonds. The summed E-state index contributed by atoms with van der Waals surface area (Å²) in [6, 6.07) is 6.91. The van der Waals surface area contributed by atoms with Gasteiger partial charge in [-0.2, -0.15) is 13.2 Å². The lowest BCUT2D eigenvalue weighted by Crippen LogP contribution is -2.56. The van der Waals surface area contributed by atoms with E-state index in [9.17, 15) is 33.6 Å². The minimum absolute atomic E-state index is 0.0435. The van der Waals surface area contributed by atoms with Crippen molar-refractivity contribution in [2.24, 2.45) is 5.92 Å². The molecular weight excluding hydrogens is 453 g/mol. The number of rotatable bonds is 7. The molecule has 0 bridgehead atoms. The van der Waals surface area contributed by atoms with E-state index < -0.39 is 48.8 Å². The molecule has 2 saturated carbocycles. The number of hydrogen-bond donors (Lipinski definition) is 4. The number of nitrogens with zero attached hydrogens (tertiary/aromatic N) is 2. The molecule has 188 valence electrons. The maximum absolute atomic E-state index is 14.3. The number of benzene rings is 1. The SMILES string of the molecule is CCc1ccc(Cc2c(OC3CC(CO)C(O)C(O)C3O)nn(C3CCC3)c2C(F)(F)F)cc1. The van der Waals surface area contributed by atoms with Crippen LogP contribution in [0.15, 0.2) is 24.3 Å². The second kappa shape index (κ2) is 9.85.